The van der Waals surface area contributed by atoms with Gasteiger partial charge in [0.2, 0.25) is 0 Å². The minimum Gasteiger partial charge on any atom is -0.453 e. The number of alkyl carbamates (subject to hydrolysis) is 1. The molecule has 0 aromatic rings. The number of rotatable bonds is 1. The van der Waals surface area contributed by atoms with Gasteiger partial charge in [0.05, 0.1) is 7.11 Å². The lowest BCUT2D eigenvalue weighted by Gasteiger charge is -2.26. The first-order chi connectivity index (χ1) is 5.72. The SMILES string of the molecule is COC(=O)N[C@H]1CCC[C@H](C)C1. The molecule has 0 aliphatic heterocycles. The van der Waals surface area contributed by atoms with Crippen LogP contribution in [0.25, 0.3) is 0 Å². The summed E-state index contributed by atoms with van der Waals surface area (Å²) in [6, 6.07) is 0.334. The first kappa shape index (κ1) is 9.36. The van der Waals surface area contributed by atoms with Crippen molar-refractivity contribution >= 4 is 6.09 Å². The molecule has 0 saturated heterocycles. The van der Waals surface area contributed by atoms with Gasteiger partial charge >= 0.3 is 6.09 Å². The zero-order chi connectivity index (χ0) is 8.97. The summed E-state index contributed by atoms with van der Waals surface area (Å²) in [5, 5.41) is 2.84. The molecule has 1 aliphatic carbocycles. The fourth-order valence-electron chi connectivity index (χ4n) is 1.79. The summed E-state index contributed by atoms with van der Waals surface area (Å²) >= 11 is 0. The van der Waals surface area contributed by atoms with E-state index in [4.69, 9.17) is 0 Å². The zero-order valence-corrected chi connectivity index (χ0v) is 7.80. The van der Waals surface area contributed by atoms with Gasteiger partial charge in [-0.1, -0.05) is 19.8 Å². The predicted molar refractivity (Wildman–Crippen MR) is 47.0 cm³/mol. The van der Waals surface area contributed by atoms with Crippen molar-refractivity contribution in [2.45, 2.75) is 38.6 Å². The van der Waals surface area contributed by atoms with Gasteiger partial charge in [0, 0.05) is 6.04 Å². The van der Waals surface area contributed by atoms with E-state index in [-0.39, 0.29) is 6.09 Å². The lowest BCUT2D eigenvalue weighted by atomic mass is 9.87. The van der Waals surface area contributed by atoms with E-state index >= 15 is 0 Å². The van der Waals surface area contributed by atoms with E-state index in [0.717, 1.165) is 18.8 Å². The summed E-state index contributed by atoms with van der Waals surface area (Å²) in [7, 11) is 1.40. The molecule has 1 aliphatic rings. The van der Waals surface area contributed by atoms with E-state index < -0.39 is 0 Å². The molecule has 3 nitrogen and oxygen atoms in total. The molecule has 1 N–H and O–H groups in total. The maximum atomic E-state index is 10.9. The normalized spacial score (nSPS) is 29.5. The Morgan fingerprint density at radius 3 is 2.83 bits per heavy atom. The standard InChI is InChI=1S/C9H17NO2/c1-7-4-3-5-8(6-7)10-9(11)12-2/h7-8H,3-6H2,1-2H3,(H,10,11)/t7-,8-/m0/s1. The van der Waals surface area contributed by atoms with Crippen LogP contribution in [0.2, 0.25) is 0 Å². The van der Waals surface area contributed by atoms with Crippen LogP contribution in [0.15, 0.2) is 0 Å². The van der Waals surface area contributed by atoms with E-state index in [0.29, 0.717) is 6.04 Å². The van der Waals surface area contributed by atoms with E-state index in [1.807, 2.05) is 0 Å². The van der Waals surface area contributed by atoms with Crippen molar-refractivity contribution in [3.05, 3.63) is 0 Å². The Morgan fingerprint density at radius 1 is 1.50 bits per heavy atom. The van der Waals surface area contributed by atoms with Crippen LogP contribution in [0.3, 0.4) is 0 Å². The van der Waals surface area contributed by atoms with Crippen LogP contribution >= 0.6 is 0 Å². The Hall–Kier alpha value is -0.730. The van der Waals surface area contributed by atoms with Gasteiger partial charge in [-0.3, -0.25) is 0 Å². The molecule has 2 atom stereocenters. The predicted octanol–water partition coefficient (Wildman–Crippen LogP) is 1.92. The largest absolute Gasteiger partial charge is 0.453 e. The van der Waals surface area contributed by atoms with Gasteiger partial charge < -0.3 is 10.1 Å². The second-order valence-electron chi connectivity index (χ2n) is 3.60. The van der Waals surface area contributed by atoms with Gasteiger partial charge in [-0.05, 0) is 18.8 Å². The highest BCUT2D eigenvalue weighted by molar-refractivity contribution is 5.67. The Bertz CT molecular complexity index is 159. The molecule has 3 heteroatoms. The van der Waals surface area contributed by atoms with E-state index in [1.54, 1.807) is 0 Å². The van der Waals surface area contributed by atoms with Crippen LogP contribution in [0.5, 0.6) is 0 Å². The Balaban J connectivity index is 2.27. The summed E-state index contributed by atoms with van der Waals surface area (Å²) in [6.45, 7) is 2.23. The fourth-order valence-corrected chi connectivity index (χ4v) is 1.79. The highest BCUT2D eigenvalue weighted by Crippen LogP contribution is 2.23. The third kappa shape index (κ3) is 2.72. The van der Waals surface area contributed by atoms with Crippen molar-refractivity contribution in [2.24, 2.45) is 5.92 Å². The van der Waals surface area contributed by atoms with E-state index in [9.17, 15) is 4.79 Å². The average molecular weight is 171 g/mol. The van der Waals surface area contributed by atoms with Gasteiger partial charge in [-0.15, -0.1) is 0 Å². The first-order valence-electron chi connectivity index (χ1n) is 4.57. The number of carbonyl (C=O) groups excluding carboxylic acids is 1. The summed E-state index contributed by atoms with van der Waals surface area (Å²) in [4.78, 5) is 10.9. The van der Waals surface area contributed by atoms with Crippen molar-refractivity contribution < 1.29 is 9.53 Å². The molecule has 0 aromatic heterocycles. The lowest BCUT2D eigenvalue weighted by Crippen LogP contribution is -2.37. The topological polar surface area (TPSA) is 38.3 Å². The van der Waals surface area contributed by atoms with Crippen LogP contribution in [0.1, 0.15) is 32.6 Å². The molecule has 0 heterocycles. The Kier molecular flexibility index (Phi) is 3.38. The number of carbonyl (C=O) groups is 1. The third-order valence-electron chi connectivity index (χ3n) is 2.44. The maximum absolute atomic E-state index is 10.9. The molecular formula is C9H17NO2. The number of ether oxygens (including phenoxy) is 1. The van der Waals surface area contributed by atoms with Crippen LogP contribution in [0, 0.1) is 5.92 Å². The molecule has 1 rings (SSSR count). The summed E-state index contributed by atoms with van der Waals surface area (Å²) in [5.41, 5.74) is 0. The molecule has 12 heavy (non-hydrogen) atoms. The van der Waals surface area contributed by atoms with Crippen LogP contribution in [-0.2, 0) is 4.74 Å². The number of amides is 1. The van der Waals surface area contributed by atoms with Gasteiger partial charge in [0.1, 0.15) is 0 Å². The molecule has 1 amide bonds. The van der Waals surface area contributed by atoms with Crippen molar-refractivity contribution in [1.82, 2.24) is 5.32 Å². The molecular weight excluding hydrogens is 154 g/mol. The molecule has 0 radical (unpaired) electrons. The Morgan fingerprint density at radius 2 is 2.25 bits per heavy atom. The van der Waals surface area contributed by atoms with Crippen LogP contribution in [0.4, 0.5) is 4.79 Å². The second kappa shape index (κ2) is 4.33. The fraction of sp³-hybridized carbons (Fsp3) is 0.889. The van der Waals surface area contributed by atoms with Gasteiger partial charge in [-0.2, -0.15) is 0 Å². The van der Waals surface area contributed by atoms with Gasteiger partial charge in [-0.25, -0.2) is 4.79 Å². The molecule has 0 bridgehead atoms. The third-order valence-corrected chi connectivity index (χ3v) is 2.44. The van der Waals surface area contributed by atoms with E-state index in [2.05, 4.69) is 17.0 Å². The maximum Gasteiger partial charge on any atom is 0.407 e. The molecule has 0 unspecified atom stereocenters. The molecule has 0 spiro atoms. The molecule has 70 valence electrons. The molecule has 1 fully saturated rings. The monoisotopic (exact) mass is 171 g/mol. The van der Waals surface area contributed by atoms with Gasteiger partial charge in [0.15, 0.2) is 0 Å². The smallest absolute Gasteiger partial charge is 0.407 e. The Labute approximate surface area is 73.5 Å². The summed E-state index contributed by atoms with van der Waals surface area (Å²) in [5.74, 6) is 0.737. The molecule has 1 saturated carbocycles. The summed E-state index contributed by atoms with van der Waals surface area (Å²) in [6.07, 6.45) is 4.40. The minimum absolute atomic E-state index is 0.297. The van der Waals surface area contributed by atoms with Crippen molar-refractivity contribution in [2.75, 3.05) is 7.11 Å². The highest BCUT2D eigenvalue weighted by Gasteiger charge is 2.20. The van der Waals surface area contributed by atoms with Crippen LogP contribution < -0.4 is 5.32 Å². The van der Waals surface area contributed by atoms with E-state index in [1.165, 1.54) is 20.0 Å². The molecule has 0 aromatic carbocycles. The number of methoxy groups -OCH3 is 1. The van der Waals surface area contributed by atoms with Gasteiger partial charge in [0.25, 0.3) is 0 Å². The highest BCUT2D eigenvalue weighted by atomic mass is 16.5. The van der Waals surface area contributed by atoms with Crippen molar-refractivity contribution in [3.8, 4) is 0 Å². The van der Waals surface area contributed by atoms with Crippen LogP contribution in [-0.4, -0.2) is 19.2 Å². The second-order valence-corrected chi connectivity index (χ2v) is 3.60. The quantitative estimate of drug-likeness (QED) is 0.654. The lowest BCUT2D eigenvalue weighted by molar-refractivity contribution is 0.160. The number of hydrogen-bond acceptors (Lipinski definition) is 2. The minimum atomic E-state index is -0.297. The average Bonchev–Trinajstić information content (AvgIpc) is 2.04. The van der Waals surface area contributed by atoms with Crippen molar-refractivity contribution in [1.29, 1.82) is 0 Å². The number of hydrogen-bond donors (Lipinski definition) is 1. The number of nitrogens with one attached hydrogen (secondary N) is 1. The summed E-state index contributed by atoms with van der Waals surface area (Å²) < 4.78 is 4.54. The first-order valence-corrected chi connectivity index (χ1v) is 4.57. The van der Waals surface area contributed by atoms with Crippen molar-refractivity contribution in [3.63, 3.8) is 0 Å². The zero-order valence-electron chi connectivity index (χ0n) is 7.80.